The van der Waals surface area contributed by atoms with Gasteiger partial charge in [0.15, 0.2) is 5.82 Å². The van der Waals surface area contributed by atoms with Crippen LogP contribution >= 0.6 is 11.3 Å². The maximum Gasteiger partial charge on any atom is 0.227 e. The van der Waals surface area contributed by atoms with Crippen LogP contribution in [0.5, 0.6) is 0 Å². The van der Waals surface area contributed by atoms with E-state index in [2.05, 4.69) is 20.5 Å². The first-order valence-electron chi connectivity index (χ1n) is 6.02. The van der Waals surface area contributed by atoms with Gasteiger partial charge in [-0.1, -0.05) is 5.16 Å². The zero-order valence-electron chi connectivity index (χ0n) is 9.85. The van der Waals surface area contributed by atoms with Gasteiger partial charge in [0.25, 0.3) is 0 Å². The zero-order chi connectivity index (χ0) is 11.7. The summed E-state index contributed by atoms with van der Waals surface area (Å²) in [5.74, 6) is 2.42. The van der Waals surface area contributed by atoms with Crippen molar-refractivity contribution in [1.82, 2.24) is 15.1 Å². The third kappa shape index (κ3) is 2.91. The van der Waals surface area contributed by atoms with Crippen LogP contribution in [0.2, 0.25) is 0 Å². The Bertz CT molecular complexity index is 501. The van der Waals surface area contributed by atoms with E-state index in [1.807, 2.05) is 6.92 Å². The molecular formula is C12H15N3OS. The first kappa shape index (κ1) is 10.9. The van der Waals surface area contributed by atoms with Gasteiger partial charge in [-0.3, -0.25) is 0 Å². The van der Waals surface area contributed by atoms with Gasteiger partial charge >= 0.3 is 0 Å². The lowest BCUT2D eigenvalue weighted by Gasteiger charge is -1.90. The van der Waals surface area contributed by atoms with E-state index in [0.717, 1.165) is 47.6 Å². The Hall–Kier alpha value is -1.23. The van der Waals surface area contributed by atoms with Gasteiger partial charge in [-0.2, -0.15) is 4.98 Å². The fourth-order valence-electron chi connectivity index (χ4n) is 1.79. The monoisotopic (exact) mass is 249 g/mol. The van der Waals surface area contributed by atoms with Crippen LogP contribution in [0.15, 0.2) is 9.90 Å². The van der Waals surface area contributed by atoms with Gasteiger partial charge in [0.05, 0.1) is 5.01 Å². The van der Waals surface area contributed by atoms with Crippen molar-refractivity contribution >= 4 is 11.3 Å². The van der Waals surface area contributed by atoms with Gasteiger partial charge in [0.2, 0.25) is 5.89 Å². The largest absolute Gasteiger partial charge is 0.339 e. The first-order chi connectivity index (χ1) is 8.29. The zero-order valence-corrected chi connectivity index (χ0v) is 10.7. The molecule has 0 N–H and O–H groups in total. The van der Waals surface area contributed by atoms with Crippen molar-refractivity contribution in [2.75, 3.05) is 0 Å². The topological polar surface area (TPSA) is 51.8 Å². The summed E-state index contributed by atoms with van der Waals surface area (Å²) >= 11 is 1.70. The summed E-state index contributed by atoms with van der Waals surface area (Å²) in [6.07, 6.45) is 5.32. The predicted molar refractivity (Wildman–Crippen MR) is 65.0 cm³/mol. The van der Waals surface area contributed by atoms with Crippen LogP contribution in [0.1, 0.15) is 35.3 Å². The second kappa shape index (κ2) is 4.56. The highest BCUT2D eigenvalue weighted by Crippen LogP contribution is 2.31. The molecule has 2 heterocycles. The molecule has 2 aromatic heterocycles. The number of nitrogens with zero attached hydrogens (tertiary/aromatic N) is 3. The van der Waals surface area contributed by atoms with Crippen molar-refractivity contribution in [3.8, 4) is 0 Å². The van der Waals surface area contributed by atoms with Gasteiger partial charge in [-0.15, -0.1) is 11.3 Å². The summed E-state index contributed by atoms with van der Waals surface area (Å²) in [6, 6.07) is 0. The fourth-order valence-corrected chi connectivity index (χ4v) is 2.56. The Kier molecular flexibility index (Phi) is 2.93. The lowest BCUT2D eigenvalue weighted by molar-refractivity contribution is 0.372. The van der Waals surface area contributed by atoms with Crippen LogP contribution < -0.4 is 0 Å². The molecule has 5 heteroatoms. The molecule has 2 aromatic rings. The van der Waals surface area contributed by atoms with E-state index in [-0.39, 0.29) is 0 Å². The molecule has 0 radical (unpaired) electrons. The van der Waals surface area contributed by atoms with Crippen molar-refractivity contribution in [3.63, 3.8) is 0 Å². The molecule has 0 saturated heterocycles. The van der Waals surface area contributed by atoms with Crippen molar-refractivity contribution < 1.29 is 4.52 Å². The molecule has 90 valence electrons. The van der Waals surface area contributed by atoms with Crippen molar-refractivity contribution in [2.24, 2.45) is 5.92 Å². The summed E-state index contributed by atoms with van der Waals surface area (Å²) in [5, 5.41) is 7.22. The Labute approximate surface area is 104 Å². The first-order valence-corrected chi connectivity index (χ1v) is 6.90. The van der Waals surface area contributed by atoms with Crippen LogP contribution in [-0.4, -0.2) is 15.1 Å². The molecule has 0 unspecified atom stereocenters. The normalized spacial score (nSPS) is 15.4. The van der Waals surface area contributed by atoms with Crippen LogP contribution in [0.4, 0.5) is 0 Å². The Balaban J connectivity index is 1.55. The molecule has 3 rings (SSSR count). The number of rotatable bonds is 5. The molecule has 0 aromatic carbocycles. The number of hydrogen-bond donors (Lipinski definition) is 0. The maximum absolute atomic E-state index is 5.24. The standard InChI is InChI=1S/C12H15N3OS/c1-8-7-17-12(13-8)5-4-11-14-10(15-16-11)6-9-2-3-9/h7,9H,2-6H2,1H3. The van der Waals surface area contributed by atoms with E-state index in [4.69, 9.17) is 4.52 Å². The van der Waals surface area contributed by atoms with E-state index >= 15 is 0 Å². The number of aromatic nitrogens is 3. The van der Waals surface area contributed by atoms with Crippen LogP contribution in [0.3, 0.4) is 0 Å². The molecule has 1 fully saturated rings. The summed E-state index contributed by atoms with van der Waals surface area (Å²) in [4.78, 5) is 8.83. The van der Waals surface area contributed by atoms with E-state index in [0.29, 0.717) is 0 Å². The lowest BCUT2D eigenvalue weighted by Crippen LogP contribution is -1.93. The summed E-state index contributed by atoms with van der Waals surface area (Å²) in [5.41, 5.74) is 1.09. The molecule has 0 atom stereocenters. The molecule has 0 bridgehead atoms. The van der Waals surface area contributed by atoms with Crippen LogP contribution in [-0.2, 0) is 19.3 Å². The van der Waals surface area contributed by atoms with E-state index in [1.54, 1.807) is 11.3 Å². The SMILES string of the molecule is Cc1csc(CCc2nc(CC3CC3)no2)n1. The minimum atomic E-state index is 0.744. The minimum Gasteiger partial charge on any atom is -0.339 e. The molecular weight excluding hydrogens is 234 g/mol. The minimum absolute atomic E-state index is 0.744. The molecule has 0 aliphatic heterocycles. The predicted octanol–water partition coefficient (Wildman–Crippen LogP) is 2.57. The highest BCUT2D eigenvalue weighted by molar-refractivity contribution is 7.09. The van der Waals surface area contributed by atoms with Crippen molar-refractivity contribution in [1.29, 1.82) is 0 Å². The van der Waals surface area contributed by atoms with Crippen molar-refractivity contribution in [2.45, 2.75) is 39.0 Å². The third-order valence-electron chi connectivity index (χ3n) is 2.90. The molecule has 0 spiro atoms. The Morgan fingerprint density at radius 1 is 1.35 bits per heavy atom. The van der Waals surface area contributed by atoms with Crippen LogP contribution in [0, 0.1) is 12.8 Å². The summed E-state index contributed by atoms with van der Waals surface area (Å²) in [7, 11) is 0. The van der Waals surface area contributed by atoms with Gasteiger partial charge in [-0.25, -0.2) is 4.98 Å². The van der Waals surface area contributed by atoms with Gasteiger partial charge in [-0.05, 0) is 25.7 Å². The van der Waals surface area contributed by atoms with Crippen LogP contribution in [0.25, 0.3) is 0 Å². The third-order valence-corrected chi connectivity index (χ3v) is 3.92. The lowest BCUT2D eigenvalue weighted by atomic mass is 10.3. The quantitative estimate of drug-likeness (QED) is 0.817. The molecule has 17 heavy (non-hydrogen) atoms. The van der Waals surface area contributed by atoms with E-state index in [1.165, 1.54) is 12.8 Å². The average Bonchev–Trinajstić information content (AvgIpc) is 2.84. The highest BCUT2D eigenvalue weighted by atomic mass is 32.1. The second-order valence-corrected chi connectivity index (χ2v) is 5.58. The Morgan fingerprint density at radius 2 is 2.24 bits per heavy atom. The average molecular weight is 249 g/mol. The fraction of sp³-hybridized carbons (Fsp3) is 0.583. The maximum atomic E-state index is 5.24. The van der Waals surface area contributed by atoms with E-state index in [9.17, 15) is 0 Å². The highest BCUT2D eigenvalue weighted by Gasteiger charge is 2.23. The van der Waals surface area contributed by atoms with Crippen molar-refractivity contribution in [3.05, 3.63) is 27.8 Å². The van der Waals surface area contributed by atoms with Gasteiger partial charge in [0.1, 0.15) is 0 Å². The molecule has 1 saturated carbocycles. The smallest absolute Gasteiger partial charge is 0.227 e. The van der Waals surface area contributed by atoms with Gasteiger partial charge in [0, 0.05) is 30.3 Å². The summed E-state index contributed by atoms with van der Waals surface area (Å²) in [6.45, 7) is 2.01. The van der Waals surface area contributed by atoms with Gasteiger partial charge < -0.3 is 4.52 Å². The number of thiazole rings is 1. The second-order valence-electron chi connectivity index (χ2n) is 4.63. The Morgan fingerprint density at radius 3 is 2.94 bits per heavy atom. The molecule has 4 nitrogen and oxygen atoms in total. The number of hydrogen-bond acceptors (Lipinski definition) is 5. The molecule has 1 aliphatic rings. The molecule has 0 amide bonds. The molecule has 1 aliphatic carbocycles. The van der Waals surface area contributed by atoms with E-state index < -0.39 is 0 Å². The number of aryl methyl sites for hydroxylation is 3. The summed E-state index contributed by atoms with van der Waals surface area (Å²) < 4.78 is 5.24.